The Morgan fingerprint density at radius 2 is 2.00 bits per heavy atom. The van der Waals surface area contributed by atoms with Gasteiger partial charge in [-0.3, -0.25) is 4.79 Å². The van der Waals surface area contributed by atoms with E-state index in [2.05, 4.69) is 12.1 Å². The van der Waals surface area contributed by atoms with Crippen molar-refractivity contribution in [2.24, 2.45) is 17.3 Å². The van der Waals surface area contributed by atoms with Crippen molar-refractivity contribution in [2.75, 3.05) is 0 Å². The van der Waals surface area contributed by atoms with Crippen LogP contribution in [0.1, 0.15) is 25.0 Å². The van der Waals surface area contributed by atoms with Gasteiger partial charge < -0.3 is 4.74 Å². The van der Waals surface area contributed by atoms with E-state index >= 15 is 0 Å². The zero-order valence-corrected chi connectivity index (χ0v) is 17.5. The lowest BCUT2D eigenvalue weighted by Gasteiger charge is -2.12. The van der Waals surface area contributed by atoms with Crippen molar-refractivity contribution in [1.82, 2.24) is 0 Å². The third-order valence-corrected chi connectivity index (χ3v) is 7.23. The quantitative estimate of drug-likeness (QED) is 0.515. The molecule has 3 atom stereocenters. The molecular formula is C22H20ClF3O2S. The standard InChI is InChI=1S/C22H20ClF3O2S/c1-21(2)16(11-18(23)22(24,25)26)19(21)20(27)28-13-9-12-5-3-6-14(15(12)10-13)17-7-4-8-29-17/h3-8,11,13,16,19H,9-10H2,1-2H3. The Hall–Kier alpha value is -1.79. The number of benzene rings is 1. The van der Waals surface area contributed by atoms with Gasteiger partial charge in [0.15, 0.2) is 0 Å². The number of thiophene rings is 1. The molecule has 1 fully saturated rings. The average Bonchev–Trinajstić information content (AvgIpc) is 3.08. The van der Waals surface area contributed by atoms with Gasteiger partial charge in [-0.15, -0.1) is 11.3 Å². The van der Waals surface area contributed by atoms with Crippen molar-refractivity contribution < 1.29 is 22.7 Å². The molecular weight excluding hydrogens is 421 g/mol. The minimum absolute atomic E-state index is 0.294. The van der Waals surface area contributed by atoms with Crippen molar-refractivity contribution in [2.45, 2.75) is 39.0 Å². The summed E-state index contributed by atoms with van der Waals surface area (Å²) >= 11 is 7.03. The fourth-order valence-electron chi connectivity index (χ4n) is 4.29. The molecule has 2 aliphatic carbocycles. The van der Waals surface area contributed by atoms with Gasteiger partial charge in [0.05, 0.1) is 5.92 Å². The lowest BCUT2D eigenvalue weighted by Crippen LogP contribution is -2.21. The van der Waals surface area contributed by atoms with Gasteiger partial charge in [-0.2, -0.15) is 13.2 Å². The van der Waals surface area contributed by atoms with Gasteiger partial charge in [0.1, 0.15) is 11.1 Å². The summed E-state index contributed by atoms with van der Waals surface area (Å²) < 4.78 is 43.9. The van der Waals surface area contributed by atoms with Crippen LogP contribution in [-0.2, 0) is 22.4 Å². The molecule has 0 amide bonds. The minimum Gasteiger partial charge on any atom is -0.461 e. The molecule has 2 aromatic rings. The first-order valence-corrected chi connectivity index (χ1v) is 10.6. The highest BCUT2D eigenvalue weighted by molar-refractivity contribution is 7.13. The normalized spacial score (nSPS) is 25.6. The number of hydrogen-bond acceptors (Lipinski definition) is 3. The van der Waals surface area contributed by atoms with Crippen LogP contribution >= 0.6 is 22.9 Å². The minimum atomic E-state index is -4.60. The number of hydrogen-bond donors (Lipinski definition) is 0. The zero-order chi connectivity index (χ0) is 21.0. The molecule has 0 spiro atoms. The Bertz CT molecular complexity index is 963. The number of rotatable bonds is 4. The largest absolute Gasteiger partial charge is 0.461 e. The molecule has 0 saturated heterocycles. The molecule has 29 heavy (non-hydrogen) atoms. The second-order valence-electron chi connectivity index (χ2n) is 8.22. The van der Waals surface area contributed by atoms with Crippen molar-refractivity contribution in [1.29, 1.82) is 0 Å². The summed E-state index contributed by atoms with van der Waals surface area (Å²) in [4.78, 5) is 13.9. The van der Waals surface area contributed by atoms with Crippen LogP contribution in [0.4, 0.5) is 13.2 Å². The van der Waals surface area contributed by atoms with Gasteiger partial charge in [-0.25, -0.2) is 0 Å². The van der Waals surface area contributed by atoms with E-state index in [1.54, 1.807) is 25.2 Å². The predicted octanol–water partition coefficient (Wildman–Crippen LogP) is 6.38. The van der Waals surface area contributed by atoms with Crippen LogP contribution in [0.15, 0.2) is 46.8 Å². The molecule has 1 saturated carbocycles. The van der Waals surface area contributed by atoms with Crippen molar-refractivity contribution in [3.05, 3.63) is 57.9 Å². The summed E-state index contributed by atoms with van der Waals surface area (Å²) in [5.41, 5.74) is 2.89. The monoisotopic (exact) mass is 440 g/mol. The highest BCUT2D eigenvalue weighted by Gasteiger charge is 2.62. The molecule has 2 nitrogen and oxygen atoms in total. The molecule has 7 heteroatoms. The van der Waals surface area contributed by atoms with Gasteiger partial charge >= 0.3 is 12.1 Å². The van der Waals surface area contributed by atoms with E-state index < -0.39 is 34.4 Å². The molecule has 0 radical (unpaired) electrons. The molecule has 1 aromatic carbocycles. The summed E-state index contributed by atoms with van der Waals surface area (Å²) in [6, 6.07) is 10.2. The maximum absolute atomic E-state index is 12.7. The summed E-state index contributed by atoms with van der Waals surface area (Å²) in [5, 5.41) is 0.843. The van der Waals surface area contributed by atoms with Gasteiger partial charge in [-0.05, 0) is 39.5 Å². The van der Waals surface area contributed by atoms with Crippen LogP contribution in [0.25, 0.3) is 10.4 Å². The van der Waals surface area contributed by atoms with Crippen LogP contribution in [0.3, 0.4) is 0 Å². The highest BCUT2D eigenvalue weighted by Crippen LogP contribution is 2.60. The van der Waals surface area contributed by atoms with Crippen molar-refractivity contribution in [3.8, 4) is 10.4 Å². The number of allylic oxidation sites excluding steroid dienone is 2. The molecule has 0 bridgehead atoms. The number of ether oxygens (including phenoxy) is 1. The number of esters is 1. The smallest absolute Gasteiger partial charge is 0.426 e. The van der Waals surface area contributed by atoms with E-state index in [4.69, 9.17) is 16.3 Å². The Balaban J connectivity index is 1.46. The Morgan fingerprint density at radius 1 is 1.24 bits per heavy atom. The summed E-state index contributed by atoms with van der Waals surface area (Å²) in [6.45, 7) is 3.53. The molecule has 1 heterocycles. The molecule has 3 unspecified atom stereocenters. The second kappa shape index (κ2) is 7.17. The van der Waals surface area contributed by atoms with Crippen LogP contribution in [0.5, 0.6) is 0 Å². The summed E-state index contributed by atoms with van der Waals surface area (Å²) in [6.07, 6.45) is -2.70. The van der Waals surface area contributed by atoms with Gasteiger partial charge in [0.2, 0.25) is 0 Å². The number of alkyl halides is 3. The Morgan fingerprint density at radius 3 is 2.66 bits per heavy atom. The molecule has 1 aromatic heterocycles. The van der Waals surface area contributed by atoms with Gasteiger partial charge in [0, 0.05) is 17.7 Å². The number of carbonyl (C=O) groups excluding carboxylic acids is 1. The van der Waals surface area contributed by atoms with Gasteiger partial charge in [-0.1, -0.05) is 55.8 Å². The topological polar surface area (TPSA) is 26.3 Å². The fraction of sp³-hybridized carbons (Fsp3) is 0.409. The summed E-state index contributed by atoms with van der Waals surface area (Å²) in [7, 11) is 0. The van der Waals surface area contributed by atoms with Crippen LogP contribution in [0.2, 0.25) is 0 Å². The van der Waals surface area contributed by atoms with Crippen molar-refractivity contribution in [3.63, 3.8) is 0 Å². The fourth-order valence-corrected chi connectivity index (χ4v) is 5.20. The molecule has 0 aliphatic heterocycles. The van der Waals surface area contributed by atoms with E-state index in [-0.39, 0.29) is 6.10 Å². The number of carbonyl (C=O) groups is 1. The molecule has 2 aliphatic rings. The maximum atomic E-state index is 12.7. The first-order chi connectivity index (χ1) is 13.6. The lowest BCUT2D eigenvalue weighted by atomic mass is 10.0. The van der Waals surface area contributed by atoms with E-state index in [0.29, 0.717) is 12.8 Å². The Labute approximate surface area is 176 Å². The number of halogens is 4. The molecule has 154 valence electrons. The SMILES string of the molecule is CC1(C)C(C=C(Cl)C(F)(F)F)C1C(=O)OC1Cc2cccc(-c3cccs3)c2C1. The maximum Gasteiger partial charge on any atom is 0.426 e. The highest BCUT2D eigenvalue weighted by atomic mass is 35.5. The van der Waals surface area contributed by atoms with E-state index in [9.17, 15) is 18.0 Å². The van der Waals surface area contributed by atoms with Crippen LogP contribution < -0.4 is 0 Å². The van der Waals surface area contributed by atoms with Crippen LogP contribution in [-0.4, -0.2) is 18.2 Å². The predicted molar refractivity (Wildman–Crippen MR) is 108 cm³/mol. The third kappa shape index (κ3) is 3.84. The summed E-state index contributed by atoms with van der Waals surface area (Å²) in [5.74, 6) is -1.63. The third-order valence-electron chi connectivity index (χ3n) is 5.98. The lowest BCUT2D eigenvalue weighted by molar-refractivity contribution is -0.151. The van der Waals surface area contributed by atoms with E-state index in [1.165, 1.54) is 10.4 Å². The number of fused-ring (bicyclic) bond motifs is 1. The Kier molecular flexibility index (Phi) is 5.06. The van der Waals surface area contributed by atoms with E-state index in [1.807, 2.05) is 23.6 Å². The second-order valence-corrected chi connectivity index (χ2v) is 9.58. The van der Waals surface area contributed by atoms with Gasteiger partial charge in [0.25, 0.3) is 0 Å². The molecule has 4 rings (SSSR count). The van der Waals surface area contributed by atoms with Crippen LogP contribution in [0, 0.1) is 17.3 Å². The first-order valence-electron chi connectivity index (χ1n) is 9.38. The zero-order valence-electron chi connectivity index (χ0n) is 15.9. The average molecular weight is 441 g/mol. The first kappa shape index (κ1) is 20.5. The molecule has 0 N–H and O–H groups in total. The van der Waals surface area contributed by atoms with Crippen molar-refractivity contribution >= 4 is 28.9 Å². The van der Waals surface area contributed by atoms with E-state index in [0.717, 1.165) is 17.2 Å².